The van der Waals surface area contributed by atoms with E-state index in [1.54, 1.807) is 0 Å². The molecule has 3 aromatic carbocycles. The molecule has 0 aliphatic carbocycles. The number of nitrogens with zero attached hydrogens (tertiary/aromatic N) is 2. The molecule has 0 fully saturated rings. The molecule has 0 spiro atoms. The van der Waals surface area contributed by atoms with Gasteiger partial charge in [-0.2, -0.15) is 0 Å². The smallest absolute Gasteiger partial charge is 0.248 e. The maximum atomic E-state index is 5.93. The topological polar surface area (TPSA) is 48.2 Å². The van der Waals surface area contributed by atoms with Crippen LogP contribution in [0.15, 0.2) is 77.2 Å². The normalized spacial score (nSPS) is 10.7. The lowest BCUT2D eigenvalue weighted by molar-refractivity contribution is 0.305. The fourth-order valence-corrected chi connectivity index (χ4v) is 2.85. The van der Waals surface area contributed by atoms with Crippen molar-refractivity contribution in [3.8, 4) is 28.7 Å². The molecule has 0 radical (unpaired) electrons. The first-order valence-corrected chi connectivity index (χ1v) is 8.87. The fraction of sp³-hybridized carbons (Fsp3) is 0.130. The number of hydrogen-bond donors (Lipinski definition) is 0. The molecule has 0 atom stereocenters. The molecular weight excluding hydrogens is 336 g/mol. The molecule has 0 amide bonds. The van der Waals surface area contributed by atoms with Crippen molar-refractivity contribution in [2.75, 3.05) is 0 Å². The summed E-state index contributed by atoms with van der Waals surface area (Å²) in [6.07, 6.45) is 0. The Morgan fingerprint density at radius 3 is 2.15 bits per heavy atom. The molecule has 0 saturated carbocycles. The molecule has 27 heavy (non-hydrogen) atoms. The van der Waals surface area contributed by atoms with E-state index in [4.69, 9.17) is 9.15 Å². The summed E-state index contributed by atoms with van der Waals surface area (Å²) in [6, 6.07) is 23.8. The van der Waals surface area contributed by atoms with E-state index in [-0.39, 0.29) is 0 Å². The van der Waals surface area contributed by atoms with Gasteiger partial charge in [0.15, 0.2) is 0 Å². The zero-order valence-corrected chi connectivity index (χ0v) is 15.3. The molecule has 4 heteroatoms. The van der Waals surface area contributed by atoms with Crippen molar-refractivity contribution < 1.29 is 9.15 Å². The van der Waals surface area contributed by atoms with Crippen molar-refractivity contribution in [2.24, 2.45) is 0 Å². The quantitative estimate of drug-likeness (QED) is 0.467. The van der Waals surface area contributed by atoms with Crippen molar-refractivity contribution in [3.05, 3.63) is 89.5 Å². The van der Waals surface area contributed by atoms with Crippen LogP contribution in [0.2, 0.25) is 0 Å². The second-order valence-corrected chi connectivity index (χ2v) is 6.52. The van der Waals surface area contributed by atoms with Gasteiger partial charge in [0, 0.05) is 11.1 Å². The summed E-state index contributed by atoms with van der Waals surface area (Å²) >= 11 is 0. The summed E-state index contributed by atoms with van der Waals surface area (Å²) in [5.74, 6) is 1.82. The molecule has 0 N–H and O–H groups in total. The fourth-order valence-electron chi connectivity index (χ4n) is 2.85. The Balaban J connectivity index is 1.46. The van der Waals surface area contributed by atoms with Gasteiger partial charge in [0.2, 0.25) is 11.8 Å². The first-order valence-electron chi connectivity index (χ1n) is 8.87. The van der Waals surface area contributed by atoms with E-state index in [0.717, 1.165) is 16.9 Å². The van der Waals surface area contributed by atoms with Crippen LogP contribution in [0.5, 0.6) is 5.75 Å². The number of benzene rings is 3. The van der Waals surface area contributed by atoms with Gasteiger partial charge in [-0.1, -0.05) is 42.0 Å². The van der Waals surface area contributed by atoms with Crippen LogP contribution in [0.1, 0.15) is 16.7 Å². The van der Waals surface area contributed by atoms with Gasteiger partial charge in [0.05, 0.1) is 0 Å². The van der Waals surface area contributed by atoms with Gasteiger partial charge in [-0.15, -0.1) is 10.2 Å². The highest BCUT2D eigenvalue weighted by Crippen LogP contribution is 2.25. The van der Waals surface area contributed by atoms with Crippen LogP contribution in [0.25, 0.3) is 22.9 Å². The van der Waals surface area contributed by atoms with Crippen LogP contribution in [0, 0.1) is 13.8 Å². The molecule has 0 aliphatic rings. The highest BCUT2D eigenvalue weighted by atomic mass is 16.5. The van der Waals surface area contributed by atoms with Gasteiger partial charge in [-0.3, -0.25) is 0 Å². The molecule has 134 valence electrons. The maximum Gasteiger partial charge on any atom is 0.248 e. The monoisotopic (exact) mass is 356 g/mol. The van der Waals surface area contributed by atoms with Crippen LogP contribution in [0.4, 0.5) is 0 Å². The van der Waals surface area contributed by atoms with E-state index in [0.29, 0.717) is 18.4 Å². The number of aryl methyl sites for hydroxylation is 2. The van der Waals surface area contributed by atoms with Crippen LogP contribution in [-0.4, -0.2) is 10.2 Å². The Labute approximate surface area is 158 Å². The Hall–Kier alpha value is -3.40. The Morgan fingerprint density at radius 2 is 1.44 bits per heavy atom. The minimum Gasteiger partial charge on any atom is -0.489 e. The summed E-state index contributed by atoms with van der Waals surface area (Å²) in [5.41, 5.74) is 5.44. The molecule has 0 unspecified atom stereocenters. The van der Waals surface area contributed by atoms with Gasteiger partial charge < -0.3 is 9.15 Å². The third-order valence-electron chi connectivity index (χ3n) is 4.45. The predicted octanol–water partition coefficient (Wildman–Crippen LogP) is 5.60. The van der Waals surface area contributed by atoms with E-state index in [2.05, 4.69) is 42.2 Å². The highest BCUT2D eigenvalue weighted by Gasteiger charge is 2.10. The van der Waals surface area contributed by atoms with Crippen LogP contribution < -0.4 is 4.74 Å². The van der Waals surface area contributed by atoms with E-state index < -0.39 is 0 Å². The second kappa shape index (κ2) is 7.46. The Morgan fingerprint density at radius 1 is 0.778 bits per heavy atom. The van der Waals surface area contributed by atoms with Gasteiger partial charge >= 0.3 is 0 Å². The molecule has 4 nitrogen and oxygen atoms in total. The molecule has 4 aromatic rings. The summed E-state index contributed by atoms with van der Waals surface area (Å²) in [7, 11) is 0. The van der Waals surface area contributed by atoms with Gasteiger partial charge in [0.1, 0.15) is 12.4 Å². The van der Waals surface area contributed by atoms with Crippen molar-refractivity contribution in [1.82, 2.24) is 10.2 Å². The SMILES string of the molecule is Cc1ccc(C)c(COc2ccc(-c3nnc(-c4ccccc4)o3)cc2)c1. The molecule has 1 aromatic heterocycles. The third-order valence-corrected chi connectivity index (χ3v) is 4.45. The minimum atomic E-state index is 0.495. The molecule has 1 heterocycles. The highest BCUT2D eigenvalue weighted by molar-refractivity contribution is 5.58. The van der Waals surface area contributed by atoms with E-state index in [9.17, 15) is 0 Å². The third kappa shape index (κ3) is 3.90. The van der Waals surface area contributed by atoms with Gasteiger partial charge in [-0.05, 0) is 61.4 Å². The first-order chi connectivity index (χ1) is 13.2. The lowest BCUT2D eigenvalue weighted by atomic mass is 10.1. The summed E-state index contributed by atoms with van der Waals surface area (Å²) in [4.78, 5) is 0. The van der Waals surface area contributed by atoms with Crippen LogP contribution >= 0.6 is 0 Å². The van der Waals surface area contributed by atoms with Crippen molar-refractivity contribution in [1.29, 1.82) is 0 Å². The number of ether oxygens (including phenoxy) is 1. The molecule has 4 rings (SSSR count). The van der Waals surface area contributed by atoms with E-state index in [1.807, 2.05) is 54.6 Å². The molecule has 0 aliphatic heterocycles. The molecule has 0 saturated heterocycles. The predicted molar refractivity (Wildman–Crippen MR) is 105 cm³/mol. The number of hydrogen-bond acceptors (Lipinski definition) is 4. The number of rotatable bonds is 5. The van der Waals surface area contributed by atoms with Crippen LogP contribution in [0.3, 0.4) is 0 Å². The number of aromatic nitrogens is 2. The standard InChI is InChI=1S/C23H20N2O2/c1-16-8-9-17(2)20(14-16)15-26-21-12-10-19(11-13-21)23-25-24-22(27-23)18-6-4-3-5-7-18/h3-14H,15H2,1-2H3. The van der Waals surface area contributed by atoms with Crippen molar-refractivity contribution >= 4 is 0 Å². The summed E-state index contributed by atoms with van der Waals surface area (Å²) < 4.78 is 11.7. The van der Waals surface area contributed by atoms with E-state index in [1.165, 1.54) is 16.7 Å². The Kier molecular flexibility index (Phi) is 4.71. The average molecular weight is 356 g/mol. The Bertz CT molecular complexity index is 1040. The first kappa shape index (κ1) is 17.0. The van der Waals surface area contributed by atoms with Crippen LogP contribution in [-0.2, 0) is 6.61 Å². The zero-order chi connectivity index (χ0) is 18.6. The lowest BCUT2D eigenvalue weighted by Gasteiger charge is -2.10. The van der Waals surface area contributed by atoms with Crippen molar-refractivity contribution in [2.45, 2.75) is 20.5 Å². The zero-order valence-electron chi connectivity index (χ0n) is 15.3. The van der Waals surface area contributed by atoms with Gasteiger partial charge in [-0.25, -0.2) is 0 Å². The molecular formula is C23H20N2O2. The minimum absolute atomic E-state index is 0.495. The maximum absolute atomic E-state index is 5.93. The lowest BCUT2D eigenvalue weighted by Crippen LogP contribution is -1.98. The summed E-state index contributed by atoms with van der Waals surface area (Å²) in [5, 5.41) is 8.28. The summed E-state index contributed by atoms with van der Waals surface area (Å²) in [6.45, 7) is 4.73. The van der Waals surface area contributed by atoms with Gasteiger partial charge in [0.25, 0.3) is 0 Å². The van der Waals surface area contributed by atoms with Crippen molar-refractivity contribution in [3.63, 3.8) is 0 Å². The largest absolute Gasteiger partial charge is 0.489 e. The second-order valence-electron chi connectivity index (χ2n) is 6.52. The van der Waals surface area contributed by atoms with E-state index >= 15 is 0 Å². The molecule has 0 bridgehead atoms. The average Bonchev–Trinajstić information content (AvgIpc) is 3.20.